The second kappa shape index (κ2) is 13.0. The number of ether oxygens (including phenoxy) is 2. The number of hydrogen-bond acceptors (Lipinski definition) is 10. The molecule has 0 saturated carbocycles. The van der Waals surface area contributed by atoms with Gasteiger partial charge >= 0.3 is 11.9 Å². The second-order valence-corrected chi connectivity index (χ2v) is 9.04. The first-order valence-corrected chi connectivity index (χ1v) is 12.5. The second-order valence-electron chi connectivity index (χ2n) is 9.04. The van der Waals surface area contributed by atoms with Crippen LogP contribution in [0.1, 0.15) is 22.3 Å². The van der Waals surface area contributed by atoms with Gasteiger partial charge in [-0.2, -0.15) is 0 Å². The lowest BCUT2D eigenvalue weighted by Crippen LogP contribution is -2.32. The highest BCUT2D eigenvalue weighted by atomic mass is 16.6. The van der Waals surface area contributed by atoms with Crippen molar-refractivity contribution in [2.45, 2.75) is 12.5 Å². The van der Waals surface area contributed by atoms with Crippen LogP contribution in [0.25, 0.3) is 18.2 Å². The summed E-state index contributed by atoms with van der Waals surface area (Å²) in [5.41, 5.74) is 1.29. The normalized spacial score (nSPS) is 11.9. The van der Waals surface area contributed by atoms with Crippen molar-refractivity contribution < 1.29 is 49.7 Å². The lowest BCUT2D eigenvalue weighted by molar-refractivity contribution is -0.158. The Morgan fingerprint density at radius 1 is 0.690 bits per heavy atom. The molecule has 0 bridgehead atoms. The van der Waals surface area contributed by atoms with Crippen molar-refractivity contribution in [2.75, 3.05) is 0 Å². The van der Waals surface area contributed by atoms with Crippen LogP contribution < -0.4 is 4.74 Å². The summed E-state index contributed by atoms with van der Waals surface area (Å²) in [5.74, 6) is -3.88. The van der Waals surface area contributed by atoms with E-state index < -0.39 is 35.3 Å². The van der Waals surface area contributed by atoms with E-state index in [0.29, 0.717) is 16.7 Å². The first-order valence-electron chi connectivity index (χ1n) is 12.5. The monoisotopic (exact) mass is 570 g/mol. The summed E-state index contributed by atoms with van der Waals surface area (Å²) in [6, 6.07) is 18.8. The predicted octanol–water partition coefficient (Wildman–Crippen LogP) is 4.86. The molecule has 0 saturated heterocycles. The minimum atomic E-state index is -1.43. The molecule has 0 aliphatic heterocycles. The summed E-state index contributed by atoms with van der Waals surface area (Å²) in [4.78, 5) is 25.8. The third-order valence-corrected chi connectivity index (χ3v) is 6.01. The Morgan fingerprint density at radius 2 is 1.36 bits per heavy atom. The van der Waals surface area contributed by atoms with E-state index in [1.807, 2.05) is 0 Å². The number of aromatic hydroxyl groups is 6. The minimum Gasteiger partial charge on any atom is -0.504 e. The molecule has 0 heterocycles. The smallest absolute Gasteiger partial charge is 0.353 e. The summed E-state index contributed by atoms with van der Waals surface area (Å²) in [7, 11) is 0. The van der Waals surface area contributed by atoms with Gasteiger partial charge < -0.3 is 40.1 Å². The van der Waals surface area contributed by atoms with E-state index in [1.165, 1.54) is 66.8 Å². The van der Waals surface area contributed by atoms with Crippen LogP contribution in [0.4, 0.5) is 0 Å². The van der Waals surface area contributed by atoms with Gasteiger partial charge in [0.2, 0.25) is 6.10 Å². The fourth-order valence-corrected chi connectivity index (χ4v) is 3.85. The standard InChI is InChI=1S/C32H26O10/c33-24-12-7-19(16-27(24)36)6-11-23-21(9-14-26(35)31(23)39)10-15-30(38)42-29(18-20-8-13-25(34)28(37)17-20)32(40)41-22-4-2-1-3-5-22/h1-17,29,33-37,39H,18H2/b11-6+,15-10+. The van der Waals surface area contributed by atoms with Crippen molar-refractivity contribution in [1.29, 1.82) is 0 Å². The van der Waals surface area contributed by atoms with Gasteiger partial charge in [-0.05, 0) is 71.3 Å². The summed E-state index contributed by atoms with van der Waals surface area (Å²) >= 11 is 0. The van der Waals surface area contributed by atoms with Gasteiger partial charge in [-0.25, -0.2) is 9.59 Å². The van der Waals surface area contributed by atoms with Gasteiger partial charge in [0.1, 0.15) is 5.75 Å². The molecule has 0 aromatic heterocycles. The fraction of sp³-hybridized carbons (Fsp3) is 0.0625. The van der Waals surface area contributed by atoms with Crippen molar-refractivity contribution in [3.05, 3.63) is 107 Å². The number of carbonyl (C=O) groups is 2. The van der Waals surface area contributed by atoms with E-state index in [2.05, 4.69) is 0 Å². The fourth-order valence-electron chi connectivity index (χ4n) is 3.85. The maximum atomic E-state index is 12.9. The minimum absolute atomic E-state index is 0.131. The molecular formula is C32H26O10. The number of hydrogen-bond donors (Lipinski definition) is 6. The number of carbonyl (C=O) groups excluding carboxylic acids is 2. The summed E-state index contributed by atoms with van der Waals surface area (Å²) in [6.45, 7) is 0. The molecule has 0 amide bonds. The molecule has 10 heteroatoms. The molecule has 214 valence electrons. The Hall–Kier alpha value is -5.90. The number of phenolic OH excluding ortho intramolecular Hbond substituents is 6. The van der Waals surface area contributed by atoms with Gasteiger partial charge in [-0.15, -0.1) is 0 Å². The number of para-hydroxylation sites is 1. The molecular weight excluding hydrogens is 544 g/mol. The van der Waals surface area contributed by atoms with Crippen molar-refractivity contribution in [2.24, 2.45) is 0 Å². The van der Waals surface area contributed by atoms with Crippen LogP contribution in [0.15, 0.2) is 84.9 Å². The Labute approximate surface area is 239 Å². The zero-order valence-corrected chi connectivity index (χ0v) is 21.9. The Morgan fingerprint density at radius 3 is 2.05 bits per heavy atom. The van der Waals surface area contributed by atoms with E-state index in [4.69, 9.17) is 9.47 Å². The zero-order valence-electron chi connectivity index (χ0n) is 21.9. The van der Waals surface area contributed by atoms with Crippen LogP contribution in [0.3, 0.4) is 0 Å². The van der Waals surface area contributed by atoms with Crippen LogP contribution in [-0.4, -0.2) is 48.7 Å². The molecule has 0 aliphatic rings. The lowest BCUT2D eigenvalue weighted by Gasteiger charge is -2.16. The molecule has 4 rings (SSSR count). The molecule has 42 heavy (non-hydrogen) atoms. The molecule has 1 atom stereocenters. The van der Waals surface area contributed by atoms with E-state index in [1.54, 1.807) is 30.3 Å². The van der Waals surface area contributed by atoms with Gasteiger partial charge in [0.15, 0.2) is 34.5 Å². The van der Waals surface area contributed by atoms with Crippen LogP contribution in [0.2, 0.25) is 0 Å². The van der Waals surface area contributed by atoms with Crippen molar-refractivity contribution in [3.63, 3.8) is 0 Å². The van der Waals surface area contributed by atoms with Gasteiger partial charge in [0.25, 0.3) is 0 Å². The highest BCUT2D eigenvalue weighted by molar-refractivity contribution is 5.91. The van der Waals surface area contributed by atoms with E-state index >= 15 is 0 Å². The van der Waals surface area contributed by atoms with E-state index in [-0.39, 0.29) is 35.0 Å². The molecule has 0 spiro atoms. The topological polar surface area (TPSA) is 174 Å². The van der Waals surface area contributed by atoms with Gasteiger partial charge in [0.05, 0.1) is 0 Å². The molecule has 1 unspecified atom stereocenters. The molecule has 0 fully saturated rings. The predicted molar refractivity (Wildman–Crippen MR) is 153 cm³/mol. The molecule has 4 aromatic carbocycles. The highest BCUT2D eigenvalue weighted by Gasteiger charge is 2.25. The van der Waals surface area contributed by atoms with Gasteiger partial charge in [-0.1, -0.05) is 42.5 Å². The first kappa shape index (κ1) is 29.1. The first-order chi connectivity index (χ1) is 20.1. The number of rotatable bonds is 9. The Bertz CT molecular complexity index is 1660. The third kappa shape index (κ3) is 7.39. The van der Waals surface area contributed by atoms with Crippen LogP contribution in [0, 0.1) is 0 Å². The number of phenols is 6. The van der Waals surface area contributed by atoms with Crippen LogP contribution >= 0.6 is 0 Å². The number of esters is 2. The maximum absolute atomic E-state index is 12.9. The van der Waals surface area contributed by atoms with Gasteiger partial charge in [0, 0.05) is 18.1 Å². The van der Waals surface area contributed by atoms with Crippen molar-refractivity contribution in [3.8, 4) is 40.2 Å². The third-order valence-electron chi connectivity index (χ3n) is 6.01. The largest absolute Gasteiger partial charge is 0.504 e. The van der Waals surface area contributed by atoms with Crippen molar-refractivity contribution in [1.82, 2.24) is 0 Å². The van der Waals surface area contributed by atoms with Crippen LogP contribution in [-0.2, 0) is 20.7 Å². The zero-order chi connectivity index (χ0) is 30.2. The SMILES string of the molecule is O=C(/C=C/c1ccc(O)c(O)c1/C=C/c1ccc(O)c(O)c1)OC(Cc1ccc(O)c(O)c1)C(=O)Oc1ccccc1. The lowest BCUT2D eigenvalue weighted by atomic mass is 10.0. The molecule has 4 aromatic rings. The molecule has 6 N–H and O–H groups in total. The molecule has 0 aliphatic carbocycles. The maximum Gasteiger partial charge on any atom is 0.353 e. The number of benzene rings is 4. The molecule has 10 nitrogen and oxygen atoms in total. The van der Waals surface area contributed by atoms with Crippen LogP contribution in [0.5, 0.6) is 40.2 Å². The Kier molecular flexibility index (Phi) is 8.98. The summed E-state index contributed by atoms with van der Waals surface area (Å²) < 4.78 is 10.8. The summed E-state index contributed by atoms with van der Waals surface area (Å²) in [6.07, 6.45) is 3.66. The van der Waals surface area contributed by atoms with Crippen molar-refractivity contribution >= 4 is 30.2 Å². The highest BCUT2D eigenvalue weighted by Crippen LogP contribution is 2.34. The summed E-state index contributed by atoms with van der Waals surface area (Å²) in [5, 5.41) is 59.1. The van der Waals surface area contributed by atoms with Gasteiger partial charge in [-0.3, -0.25) is 0 Å². The van der Waals surface area contributed by atoms with E-state index in [0.717, 1.165) is 6.08 Å². The average Bonchev–Trinajstić information content (AvgIpc) is 2.97. The quantitative estimate of drug-likeness (QED) is 0.0536. The van der Waals surface area contributed by atoms with E-state index in [9.17, 15) is 40.2 Å². The molecule has 0 radical (unpaired) electrons. The Balaban J connectivity index is 1.56. The average molecular weight is 571 g/mol.